The average molecular weight is 487 g/mol. The maximum Gasteiger partial charge on any atom is 0.411 e. The first-order valence-corrected chi connectivity index (χ1v) is 11.1. The molecule has 10 heteroatoms. The molecule has 1 amide bonds. The Labute approximate surface area is 205 Å². The molecule has 0 fully saturated rings. The van der Waals surface area contributed by atoms with Crippen molar-refractivity contribution < 1.29 is 18.7 Å². The number of primary amides is 1. The molecule has 5 aromatic rings. The lowest BCUT2D eigenvalue weighted by Gasteiger charge is -2.09. The number of aryl methyl sites for hydroxylation is 1. The maximum atomic E-state index is 13.7. The molecule has 0 spiro atoms. The van der Waals surface area contributed by atoms with Crippen molar-refractivity contribution >= 4 is 17.1 Å². The number of carbonyl (C=O) groups excluding carboxylic acids is 1. The zero-order valence-electron chi connectivity index (χ0n) is 19.9. The van der Waals surface area contributed by atoms with Crippen LogP contribution < -0.4 is 15.2 Å². The Balaban J connectivity index is 1.55. The van der Waals surface area contributed by atoms with Crippen LogP contribution in [0.5, 0.6) is 11.6 Å². The Bertz CT molecular complexity index is 1610. The molecular formula is C26H23FN6O3. The molecule has 0 atom stereocenters. The minimum Gasteiger partial charge on any atom is -0.491 e. The first-order valence-electron chi connectivity index (χ1n) is 11.1. The van der Waals surface area contributed by atoms with Crippen molar-refractivity contribution in [1.82, 2.24) is 24.7 Å². The van der Waals surface area contributed by atoms with Crippen molar-refractivity contribution in [2.75, 3.05) is 7.11 Å². The number of hydrogen-bond acceptors (Lipinski definition) is 6. The van der Waals surface area contributed by atoms with E-state index in [-0.39, 0.29) is 17.4 Å². The smallest absolute Gasteiger partial charge is 0.411 e. The lowest BCUT2D eigenvalue weighted by Crippen LogP contribution is -2.17. The molecule has 36 heavy (non-hydrogen) atoms. The highest BCUT2D eigenvalue weighted by atomic mass is 19.1. The van der Waals surface area contributed by atoms with Gasteiger partial charge in [0.15, 0.2) is 5.75 Å². The van der Waals surface area contributed by atoms with Crippen LogP contribution in [0, 0.1) is 19.7 Å². The van der Waals surface area contributed by atoms with Gasteiger partial charge in [0, 0.05) is 51.9 Å². The van der Waals surface area contributed by atoms with Crippen molar-refractivity contribution in [3.8, 4) is 33.9 Å². The van der Waals surface area contributed by atoms with Gasteiger partial charge < -0.3 is 20.2 Å². The molecule has 4 heterocycles. The number of pyridine rings is 2. The summed E-state index contributed by atoms with van der Waals surface area (Å²) >= 11 is 0. The summed E-state index contributed by atoms with van der Waals surface area (Å²) in [6, 6.07) is 10.2. The van der Waals surface area contributed by atoms with E-state index in [1.165, 1.54) is 19.2 Å². The molecule has 0 aliphatic rings. The van der Waals surface area contributed by atoms with E-state index in [9.17, 15) is 9.18 Å². The van der Waals surface area contributed by atoms with Crippen molar-refractivity contribution in [2.45, 2.75) is 20.4 Å². The van der Waals surface area contributed by atoms with Crippen LogP contribution in [0.15, 0.2) is 55.0 Å². The second kappa shape index (κ2) is 9.14. The summed E-state index contributed by atoms with van der Waals surface area (Å²) in [5.41, 5.74) is 11.9. The number of nitrogens with two attached hydrogens (primary N) is 1. The van der Waals surface area contributed by atoms with Crippen LogP contribution in [0.4, 0.5) is 9.18 Å². The molecule has 1 aromatic carbocycles. The Hall–Kier alpha value is -4.73. The summed E-state index contributed by atoms with van der Waals surface area (Å²) in [5.74, 6) is -0.0158. The molecule has 0 unspecified atom stereocenters. The standard InChI is InChI=1S/C26H23FN6O3/c1-14-23(15(2)33(32-14)13-16-5-4-6-19(27)7-16)21-12-30-24-20(21)8-17(10-29-24)18-9-22(35-3)25(31-11-18)36-26(28)34/h4-12H,13H2,1-3H3,(H2,28,34)(H,29,30). The number of benzene rings is 1. The molecule has 0 aliphatic heterocycles. The molecule has 0 saturated heterocycles. The molecule has 0 saturated carbocycles. The monoisotopic (exact) mass is 486 g/mol. The van der Waals surface area contributed by atoms with Crippen LogP contribution in [0.3, 0.4) is 0 Å². The van der Waals surface area contributed by atoms with Crippen LogP contribution in [0.2, 0.25) is 0 Å². The number of nitrogens with zero attached hydrogens (tertiary/aromatic N) is 4. The number of carbonyl (C=O) groups is 1. The average Bonchev–Trinajstić information content (AvgIpc) is 3.38. The minimum absolute atomic E-state index is 0.0120. The van der Waals surface area contributed by atoms with E-state index in [1.807, 2.05) is 36.9 Å². The van der Waals surface area contributed by atoms with Crippen molar-refractivity contribution in [3.63, 3.8) is 0 Å². The number of halogens is 1. The van der Waals surface area contributed by atoms with E-state index in [4.69, 9.17) is 20.3 Å². The number of methoxy groups -OCH3 is 1. The van der Waals surface area contributed by atoms with Gasteiger partial charge in [-0.25, -0.2) is 19.2 Å². The molecule has 4 aromatic heterocycles. The van der Waals surface area contributed by atoms with Gasteiger partial charge in [-0.1, -0.05) is 12.1 Å². The predicted molar refractivity (Wildman–Crippen MR) is 132 cm³/mol. The summed E-state index contributed by atoms with van der Waals surface area (Å²) in [5, 5.41) is 5.62. The second-order valence-electron chi connectivity index (χ2n) is 8.31. The molecule has 0 bridgehead atoms. The summed E-state index contributed by atoms with van der Waals surface area (Å²) in [7, 11) is 1.45. The summed E-state index contributed by atoms with van der Waals surface area (Å²) in [4.78, 5) is 23.1. The Morgan fingerprint density at radius 1 is 1.14 bits per heavy atom. The summed E-state index contributed by atoms with van der Waals surface area (Å²) < 4.78 is 25.8. The Morgan fingerprint density at radius 3 is 2.67 bits per heavy atom. The first-order chi connectivity index (χ1) is 17.3. The number of aromatic amines is 1. The Morgan fingerprint density at radius 2 is 1.92 bits per heavy atom. The fourth-order valence-electron chi connectivity index (χ4n) is 4.33. The third-order valence-corrected chi connectivity index (χ3v) is 5.97. The Kier molecular flexibility index (Phi) is 5.85. The lowest BCUT2D eigenvalue weighted by molar-refractivity contribution is 0.206. The highest BCUT2D eigenvalue weighted by molar-refractivity contribution is 5.97. The van der Waals surface area contributed by atoms with Gasteiger partial charge in [-0.05, 0) is 43.7 Å². The van der Waals surface area contributed by atoms with Crippen molar-refractivity contribution in [2.24, 2.45) is 5.73 Å². The minimum atomic E-state index is -0.975. The van der Waals surface area contributed by atoms with E-state index in [1.54, 1.807) is 24.5 Å². The quantitative estimate of drug-likeness (QED) is 0.357. The molecule has 0 aliphatic carbocycles. The predicted octanol–water partition coefficient (Wildman–Crippen LogP) is 4.76. The van der Waals surface area contributed by atoms with Gasteiger partial charge in [0.1, 0.15) is 11.5 Å². The van der Waals surface area contributed by atoms with Gasteiger partial charge >= 0.3 is 6.09 Å². The van der Waals surface area contributed by atoms with Crippen LogP contribution >= 0.6 is 0 Å². The number of fused-ring (bicyclic) bond motifs is 1. The van der Waals surface area contributed by atoms with Crippen LogP contribution in [-0.2, 0) is 6.54 Å². The topological polar surface area (TPSA) is 121 Å². The number of hydrogen-bond donors (Lipinski definition) is 2. The lowest BCUT2D eigenvalue weighted by atomic mass is 10.0. The van der Waals surface area contributed by atoms with Gasteiger partial charge in [-0.2, -0.15) is 5.10 Å². The van der Waals surface area contributed by atoms with E-state index in [2.05, 4.69) is 15.0 Å². The van der Waals surface area contributed by atoms with Gasteiger partial charge in [0.05, 0.1) is 19.3 Å². The highest BCUT2D eigenvalue weighted by Crippen LogP contribution is 2.36. The third kappa shape index (κ3) is 4.24. The molecule has 182 valence electrons. The van der Waals surface area contributed by atoms with Gasteiger partial charge in [0.2, 0.25) is 0 Å². The van der Waals surface area contributed by atoms with Crippen LogP contribution in [0.25, 0.3) is 33.3 Å². The van der Waals surface area contributed by atoms with Gasteiger partial charge in [-0.3, -0.25) is 4.68 Å². The zero-order chi connectivity index (χ0) is 25.4. The molecule has 5 rings (SSSR count). The summed E-state index contributed by atoms with van der Waals surface area (Å²) in [6.07, 6.45) is 4.22. The van der Waals surface area contributed by atoms with Crippen LogP contribution in [0.1, 0.15) is 17.0 Å². The zero-order valence-corrected chi connectivity index (χ0v) is 19.9. The van der Waals surface area contributed by atoms with Gasteiger partial charge in [-0.15, -0.1) is 0 Å². The van der Waals surface area contributed by atoms with E-state index >= 15 is 0 Å². The number of rotatable bonds is 6. The second-order valence-corrected chi connectivity index (χ2v) is 8.31. The number of nitrogens with one attached hydrogen (secondary N) is 1. The first kappa shape index (κ1) is 23.0. The number of ether oxygens (including phenoxy) is 2. The maximum absolute atomic E-state index is 13.7. The highest BCUT2D eigenvalue weighted by Gasteiger charge is 2.19. The number of H-pyrrole nitrogens is 1. The fraction of sp³-hybridized carbons (Fsp3) is 0.154. The third-order valence-electron chi connectivity index (χ3n) is 5.97. The van der Waals surface area contributed by atoms with E-state index in [0.29, 0.717) is 6.54 Å². The van der Waals surface area contributed by atoms with Crippen molar-refractivity contribution in [1.29, 1.82) is 0 Å². The summed E-state index contributed by atoms with van der Waals surface area (Å²) in [6.45, 7) is 4.41. The molecule has 3 N–H and O–H groups in total. The molecular weight excluding hydrogens is 463 g/mol. The van der Waals surface area contributed by atoms with E-state index < -0.39 is 6.09 Å². The SMILES string of the molecule is COc1cc(-c2cnc3[nH]cc(-c4c(C)nn(Cc5cccc(F)c5)c4C)c3c2)cnc1OC(N)=O. The number of aromatic nitrogens is 5. The van der Waals surface area contributed by atoms with Crippen molar-refractivity contribution in [3.05, 3.63) is 77.8 Å². The van der Waals surface area contributed by atoms with Crippen LogP contribution in [-0.4, -0.2) is 37.9 Å². The van der Waals surface area contributed by atoms with Gasteiger partial charge in [0.25, 0.3) is 5.88 Å². The molecule has 9 nitrogen and oxygen atoms in total. The fourth-order valence-corrected chi connectivity index (χ4v) is 4.33. The number of amides is 1. The largest absolute Gasteiger partial charge is 0.491 e. The molecule has 0 radical (unpaired) electrons. The van der Waals surface area contributed by atoms with E-state index in [0.717, 1.165) is 50.2 Å². The normalized spacial score (nSPS) is 11.1.